The Morgan fingerprint density at radius 2 is 2.29 bits per heavy atom. The van der Waals surface area contributed by atoms with E-state index in [1.807, 2.05) is 0 Å². The van der Waals surface area contributed by atoms with Crippen molar-refractivity contribution in [2.45, 2.75) is 39.2 Å². The molecule has 2 fully saturated rings. The molecular weight excluding hydrogens is 423 g/mol. The molecule has 8 nitrogen and oxygen atoms in total. The molecule has 0 atom stereocenters. The fourth-order valence-electron chi connectivity index (χ4n) is 3.45. The summed E-state index contributed by atoms with van der Waals surface area (Å²) in [5.74, 6) is 0.956. The van der Waals surface area contributed by atoms with Gasteiger partial charge >= 0.3 is 5.69 Å². The predicted molar refractivity (Wildman–Crippen MR) is 103 cm³/mol. The highest BCUT2D eigenvalue weighted by atomic mass is 127. The van der Waals surface area contributed by atoms with Crippen LogP contribution in [0, 0.1) is 15.5 Å². The van der Waals surface area contributed by atoms with Gasteiger partial charge in [-0.15, -0.1) is 24.0 Å². The highest BCUT2D eigenvalue weighted by Crippen LogP contribution is 2.47. The first-order chi connectivity index (χ1) is 11.1. The van der Waals surface area contributed by atoms with E-state index in [0.29, 0.717) is 18.5 Å². The molecule has 1 aromatic rings. The molecule has 1 aliphatic heterocycles. The van der Waals surface area contributed by atoms with Crippen molar-refractivity contribution in [1.29, 1.82) is 0 Å². The molecule has 1 aliphatic carbocycles. The monoisotopic (exact) mass is 448 g/mol. The Labute approximate surface area is 158 Å². The van der Waals surface area contributed by atoms with Gasteiger partial charge in [-0.05, 0) is 31.6 Å². The zero-order chi connectivity index (χ0) is 16.3. The van der Waals surface area contributed by atoms with Crippen LogP contribution in [0.4, 0.5) is 5.69 Å². The Morgan fingerprint density at radius 1 is 1.50 bits per heavy atom. The Morgan fingerprint density at radius 3 is 2.83 bits per heavy atom. The van der Waals surface area contributed by atoms with Crippen molar-refractivity contribution in [3.63, 3.8) is 0 Å². The highest BCUT2D eigenvalue weighted by Gasteiger charge is 2.43. The summed E-state index contributed by atoms with van der Waals surface area (Å²) < 4.78 is 1.57. The van der Waals surface area contributed by atoms with E-state index < -0.39 is 4.92 Å². The van der Waals surface area contributed by atoms with Crippen molar-refractivity contribution in [2.75, 3.05) is 26.2 Å². The Kier molecular flexibility index (Phi) is 6.41. The smallest absolute Gasteiger partial charge is 0.306 e. The maximum absolute atomic E-state index is 10.7. The summed E-state index contributed by atoms with van der Waals surface area (Å²) in [6, 6.07) is 0. The first kappa shape index (κ1) is 18.9. The summed E-state index contributed by atoms with van der Waals surface area (Å²) in [7, 11) is 0. The van der Waals surface area contributed by atoms with Gasteiger partial charge in [-0.25, -0.2) is 0 Å². The van der Waals surface area contributed by atoms with Gasteiger partial charge in [-0.2, -0.15) is 5.10 Å². The van der Waals surface area contributed by atoms with Crippen LogP contribution in [0.2, 0.25) is 0 Å². The minimum absolute atomic E-state index is 0. The molecule has 0 amide bonds. The lowest BCUT2D eigenvalue weighted by molar-refractivity contribution is -0.385. The van der Waals surface area contributed by atoms with E-state index in [2.05, 4.69) is 27.2 Å². The lowest BCUT2D eigenvalue weighted by atomic mass is 9.68. The number of aliphatic imine (C=N–C) groups is 1. The van der Waals surface area contributed by atoms with Crippen LogP contribution < -0.4 is 5.32 Å². The van der Waals surface area contributed by atoms with Gasteiger partial charge in [0.05, 0.1) is 18.0 Å². The molecule has 2 aliphatic rings. The lowest BCUT2D eigenvalue weighted by Gasteiger charge is -2.38. The number of halogens is 1. The van der Waals surface area contributed by atoms with Crippen molar-refractivity contribution in [1.82, 2.24) is 20.0 Å². The predicted octanol–water partition coefficient (Wildman–Crippen LogP) is 2.25. The molecule has 1 aromatic heterocycles. The molecule has 0 aromatic carbocycles. The molecular formula is C15H25IN6O2. The van der Waals surface area contributed by atoms with Crippen molar-refractivity contribution in [3.8, 4) is 0 Å². The fraction of sp³-hybridized carbons (Fsp3) is 0.733. The van der Waals surface area contributed by atoms with E-state index in [9.17, 15) is 10.1 Å². The first-order valence-electron chi connectivity index (χ1n) is 8.32. The lowest BCUT2D eigenvalue weighted by Crippen LogP contribution is -2.42. The first-order valence-corrected chi connectivity index (χ1v) is 8.32. The molecule has 1 spiro atoms. The van der Waals surface area contributed by atoms with Gasteiger partial charge in [0.1, 0.15) is 12.4 Å². The SMILES string of the molecule is CCNC(=NCCn1cc([N+](=O)[O-])cn1)N1CCC2(CCC2)C1.I. The molecule has 1 saturated carbocycles. The highest BCUT2D eigenvalue weighted by molar-refractivity contribution is 14.0. The van der Waals surface area contributed by atoms with Gasteiger partial charge in [0.25, 0.3) is 0 Å². The number of hydrogen-bond donors (Lipinski definition) is 1. The van der Waals surface area contributed by atoms with Crippen LogP contribution in [0.1, 0.15) is 32.6 Å². The van der Waals surface area contributed by atoms with Gasteiger partial charge in [0.2, 0.25) is 0 Å². The molecule has 0 bridgehead atoms. The topological polar surface area (TPSA) is 88.6 Å². The van der Waals surface area contributed by atoms with Crippen molar-refractivity contribution in [2.24, 2.45) is 10.4 Å². The summed E-state index contributed by atoms with van der Waals surface area (Å²) in [5.41, 5.74) is 0.561. The van der Waals surface area contributed by atoms with Gasteiger partial charge in [-0.1, -0.05) is 6.42 Å². The van der Waals surface area contributed by atoms with Crippen LogP contribution in [0.15, 0.2) is 17.4 Å². The second kappa shape index (κ2) is 8.13. The van der Waals surface area contributed by atoms with Gasteiger partial charge in [0.15, 0.2) is 5.96 Å². The Hall–Kier alpha value is -1.39. The van der Waals surface area contributed by atoms with E-state index in [1.165, 1.54) is 38.1 Å². The van der Waals surface area contributed by atoms with Gasteiger partial charge in [-0.3, -0.25) is 19.8 Å². The number of nitrogens with zero attached hydrogens (tertiary/aromatic N) is 5. The molecule has 3 rings (SSSR count). The zero-order valence-corrected chi connectivity index (χ0v) is 16.3. The van der Waals surface area contributed by atoms with Crippen molar-refractivity contribution >= 4 is 35.6 Å². The number of rotatable bonds is 5. The van der Waals surface area contributed by atoms with Crippen LogP contribution in [-0.4, -0.2) is 51.7 Å². The quantitative estimate of drug-likeness (QED) is 0.246. The normalized spacial score (nSPS) is 19.0. The average Bonchev–Trinajstić information content (AvgIpc) is 3.13. The van der Waals surface area contributed by atoms with E-state index >= 15 is 0 Å². The molecule has 134 valence electrons. The summed E-state index contributed by atoms with van der Waals surface area (Å²) in [6.07, 6.45) is 8.04. The molecule has 0 unspecified atom stereocenters. The van der Waals surface area contributed by atoms with Crippen molar-refractivity contribution < 1.29 is 4.92 Å². The second-order valence-corrected chi connectivity index (χ2v) is 6.48. The summed E-state index contributed by atoms with van der Waals surface area (Å²) >= 11 is 0. The summed E-state index contributed by atoms with van der Waals surface area (Å²) in [4.78, 5) is 17.3. The number of guanidine groups is 1. The van der Waals surface area contributed by atoms with E-state index in [1.54, 1.807) is 4.68 Å². The molecule has 1 N–H and O–H groups in total. The number of aromatic nitrogens is 2. The van der Waals surface area contributed by atoms with Gasteiger partial charge in [0, 0.05) is 19.6 Å². The van der Waals surface area contributed by atoms with Crippen LogP contribution >= 0.6 is 24.0 Å². The molecule has 1 saturated heterocycles. The van der Waals surface area contributed by atoms with E-state index in [0.717, 1.165) is 25.6 Å². The molecule has 9 heteroatoms. The minimum atomic E-state index is -0.431. The largest absolute Gasteiger partial charge is 0.357 e. The Bertz CT molecular complexity index is 599. The van der Waals surface area contributed by atoms with Crippen molar-refractivity contribution in [3.05, 3.63) is 22.5 Å². The Balaban J connectivity index is 0.00000208. The van der Waals surface area contributed by atoms with Crippen LogP contribution in [-0.2, 0) is 6.54 Å². The minimum Gasteiger partial charge on any atom is -0.357 e. The third-order valence-electron chi connectivity index (χ3n) is 4.91. The van der Waals surface area contributed by atoms with Crippen LogP contribution in [0.5, 0.6) is 0 Å². The zero-order valence-electron chi connectivity index (χ0n) is 14.0. The number of nitro groups is 1. The fourth-order valence-corrected chi connectivity index (χ4v) is 3.45. The third kappa shape index (κ3) is 4.17. The van der Waals surface area contributed by atoms with Crippen LogP contribution in [0.3, 0.4) is 0 Å². The molecule has 2 heterocycles. The number of likely N-dealkylation sites (tertiary alicyclic amines) is 1. The summed E-state index contributed by atoms with van der Waals surface area (Å²) in [5, 5.41) is 18.0. The third-order valence-corrected chi connectivity index (χ3v) is 4.91. The van der Waals surface area contributed by atoms with Crippen LogP contribution in [0.25, 0.3) is 0 Å². The van der Waals surface area contributed by atoms with E-state index in [-0.39, 0.29) is 29.7 Å². The standard InChI is InChI=1S/C15H24N6O2.HI/c1-2-16-14(19-8-6-15(12-19)4-3-5-15)17-7-9-20-11-13(10-18-20)21(22)23;/h10-11H,2-9,12H2,1H3,(H,16,17);1H. The maximum Gasteiger partial charge on any atom is 0.306 e. The number of nitrogens with one attached hydrogen (secondary N) is 1. The molecule has 0 radical (unpaired) electrons. The number of hydrogen-bond acceptors (Lipinski definition) is 4. The second-order valence-electron chi connectivity index (χ2n) is 6.48. The molecule has 24 heavy (non-hydrogen) atoms. The van der Waals surface area contributed by atoms with Gasteiger partial charge < -0.3 is 10.2 Å². The summed E-state index contributed by atoms with van der Waals surface area (Å²) in [6.45, 7) is 6.19. The van der Waals surface area contributed by atoms with E-state index in [4.69, 9.17) is 0 Å². The average molecular weight is 448 g/mol. The maximum atomic E-state index is 10.7.